The molecule has 0 aromatic carbocycles. The molecule has 0 aliphatic carbocycles. The van der Waals surface area contributed by atoms with Crippen LogP contribution < -0.4 is 10.9 Å². The summed E-state index contributed by atoms with van der Waals surface area (Å²) < 4.78 is 0. The van der Waals surface area contributed by atoms with E-state index in [0.717, 1.165) is 19.3 Å². The van der Waals surface area contributed by atoms with Gasteiger partial charge in [-0.2, -0.15) is 5.10 Å². The lowest BCUT2D eigenvalue weighted by atomic mass is 10.1. The van der Waals surface area contributed by atoms with Crippen LogP contribution in [0.5, 0.6) is 0 Å². The highest BCUT2D eigenvalue weighted by atomic mass is 35.5. The van der Waals surface area contributed by atoms with Gasteiger partial charge in [0.05, 0.1) is 11.9 Å². The van der Waals surface area contributed by atoms with Crippen molar-refractivity contribution in [2.24, 2.45) is 0 Å². The first kappa shape index (κ1) is 12.0. The van der Waals surface area contributed by atoms with Crippen molar-refractivity contribution in [3.8, 4) is 0 Å². The summed E-state index contributed by atoms with van der Waals surface area (Å²) in [4.78, 5) is 11.2. The van der Waals surface area contributed by atoms with Gasteiger partial charge in [-0.05, 0) is 12.8 Å². The highest BCUT2D eigenvalue weighted by Crippen LogP contribution is 2.17. The number of nitrogens with one attached hydrogen (secondary N) is 2. The molecular weight excluding hydrogens is 214 g/mol. The van der Waals surface area contributed by atoms with Crippen LogP contribution in [0, 0.1) is 0 Å². The molecular formula is C10H16ClN3O. The van der Waals surface area contributed by atoms with Crippen molar-refractivity contribution in [2.75, 3.05) is 5.32 Å². The highest BCUT2D eigenvalue weighted by molar-refractivity contribution is 6.32. The van der Waals surface area contributed by atoms with Gasteiger partial charge in [0.2, 0.25) is 0 Å². The molecule has 0 spiro atoms. The highest BCUT2D eigenvalue weighted by Gasteiger charge is 2.09. The minimum Gasteiger partial charge on any atom is -0.380 e. The summed E-state index contributed by atoms with van der Waals surface area (Å²) in [5.41, 5.74) is 0.258. The van der Waals surface area contributed by atoms with Crippen LogP contribution in [0.2, 0.25) is 5.02 Å². The van der Waals surface area contributed by atoms with Gasteiger partial charge in [-0.1, -0.05) is 31.9 Å². The molecule has 0 saturated carbocycles. The number of halogens is 1. The number of rotatable bonds is 5. The first-order valence-corrected chi connectivity index (χ1v) is 5.56. The molecule has 1 heterocycles. The molecule has 0 aliphatic heterocycles. The Morgan fingerprint density at radius 3 is 2.93 bits per heavy atom. The summed E-state index contributed by atoms with van der Waals surface area (Å²) in [5.74, 6) is 0. The molecule has 0 amide bonds. The third kappa shape index (κ3) is 3.23. The molecule has 0 bridgehead atoms. The summed E-state index contributed by atoms with van der Waals surface area (Å²) in [5, 5.41) is 9.40. The number of hydrogen-bond acceptors (Lipinski definition) is 3. The lowest BCUT2D eigenvalue weighted by Crippen LogP contribution is -2.20. The van der Waals surface area contributed by atoms with Gasteiger partial charge >= 0.3 is 0 Å². The van der Waals surface area contributed by atoms with E-state index in [4.69, 9.17) is 11.6 Å². The van der Waals surface area contributed by atoms with Gasteiger partial charge < -0.3 is 5.32 Å². The molecule has 0 saturated heterocycles. The van der Waals surface area contributed by atoms with Gasteiger partial charge in [-0.25, -0.2) is 5.10 Å². The van der Waals surface area contributed by atoms with Crippen LogP contribution in [-0.4, -0.2) is 16.2 Å². The van der Waals surface area contributed by atoms with Gasteiger partial charge in [-0.15, -0.1) is 0 Å². The van der Waals surface area contributed by atoms with E-state index in [1.54, 1.807) is 6.20 Å². The first-order chi connectivity index (χ1) is 7.19. The van der Waals surface area contributed by atoms with E-state index in [0.29, 0.717) is 11.7 Å². The quantitative estimate of drug-likeness (QED) is 0.815. The van der Waals surface area contributed by atoms with E-state index < -0.39 is 0 Å². The molecule has 15 heavy (non-hydrogen) atoms. The lowest BCUT2D eigenvalue weighted by molar-refractivity contribution is 0.622. The van der Waals surface area contributed by atoms with E-state index in [2.05, 4.69) is 29.4 Å². The van der Waals surface area contributed by atoms with Crippen LogP contribution in [-0.2, 0) is 0 Å². The lowest BCUT2D eigenvalue weighted by Gasteiger charge is -2.17. The Hall–Kier alpha value is -1.03. The molecule has 84 valence electrons. The van der Waals surface area contributed by atoms with E-state index in [-0.39, 0.29) is 10.6 Å². The average molecular weight is 230 g/mol. The zero-order valence-corrected chi connectivity index (χ0v) is 9.77. The Labute approximate surface area is 94.0 Å². The number of nitrogens with zero attached hydrogens (tertiary/aromatic N) is 1. The predicted molar refractivity (Wildman–Crippen MR) is 62.5 cm³/mol. The van der Waals surface area contributed by atoms with Crippen LogP contribution in [0.25, 0.3) is 0 Å². The van der Waals surface area contributed by atoms with Crippen LogP contribution in [0.3, 0.4) is 0 Å². The fourth-order valence-electron chi connectivity index (χ4n) is 1.43. The molecule has 1 rings (SSSR count). The molecule has 0 aliphatic rings. The number of H-pyrrole nitrogens is 1. The Kier molecular flexibility index (Phi) is 4.62. The smallest absolute Gasteiger partial charge is 0.285 e. The third-order valence-electron chi connectivity index (χ3n) is 2.29. The molecule has 0 fully saturated rings. The number of aromatic nitrogens is 2. The zero-order valence-electron chi connectivity index (χ0n) is 9.01. The monoisotopic (exact) mass is 229 g/mol. The van der Waals surface area contributed by atoms with E-state index >= 15 is 0 Å². The van der Waals surface area contributed by atoms with Crippen molar-refractivity contribution < 1.29 is 0 Å². The second kappa shape index (κ2) is 5.75. The van der Waals surface area contributed by atoms with Crippen LogP contribution in [0.1, 0.15) is 33.1 Å². The Morgan fingerprint density at radius 2 is 2.33 bits per heavy atom. The Balaban J connectivity index is 2.79. The number of anilines is 1. The van der Waals surface area contributed by atoms with Gasteiger partial charge in [0.25, 0.3) is 5.56 Å². The number of hydrogen-bond donors (Lipinski definition) is 2. The molecule has 2 N–H and O–H groups in total. The van der Waals surface area contributed by atoms with Crippen molar-refractivity contribution >= 4 is 17.3 Å². The predicted octanol–water partition coefficient (Wildman–Crippen LogP) is 2.41. The van der Waals surface area contributed by atoms with Crippen molar-refractivity contribution in [1.82, 2.24) is 10.2 Å². The maximum atomic E-state index is 11.2. The van der Waals surface area contributed by atoms with Crippen molar-refractivity contribution in [3.63, 3.8) is 0 Å². The van der Waals surface area contributed by atoms with Crippen molar-refractivity contribution in [1.29, 1.82) is 0 Å². The Bertz CT molecular complexity index is 364. The summed E-state index contributed by atoms with van der Waals surface area (Å²) in [6.07, 6.45) is 4.69. The summed E-state index contributed by atoms with van der Waals surface area (Å²) in [6, 6.07) is 0.344. The second-order valence-electron chi connectivity index (χ2n) is 3.46. The maximum absolute atomic E-state index is 11.2. The van der Waals surface area contributed by atoms with E-state index in [1.807, 2.05) is 0 Å². The van der Waals surface area contributed by atoms with E-state index in [9.17, 15) is 4.79 Å². The summed E-state index contributed by atoms with van der Waals surface area (Å²) in [7, 11) is 0. The first-order valence-electron chi connectivity index (χ1n) is 5.18. The molecule has 5 heteroatoms. The Morgan fingerprint density at radius 1 is 1.60 bits per heavy atom. The standard InChI is InChI=1S/C10H16ClN3O/c1-3-5-7(4-2)13-8-6-12-14-10(15)9(8)11/h6-7H,3-5H2,1-2H3,(H2,13,14,15). The fourth-order valence-corrected chi connectivity index (χ4v) is 1.58. The molecule has 4 nitrogen and oxygen atoms in total. The SMILES string of the molecule is CCCC(CC)Nc1cn[nH]c(=O)c1Cl. The maximum Gasteiger partial charge on any atom is 0.285 e. The second-order valence-corrected chi connectivity index (χ2v) is 3.84. The number of aromatic amines is 1. The molecule has 1 atom stereocenters. The largest absolute Gasteiger partial charge is 0.380 e. The minimum absolute atomic E-state index is 0.180. The molecule has 1 aromatic rings. The van der Waals surface area contributed by atoms with Crippen molar-refractivity contribution in [3.05, 3.63) is 21.6 Å². The van der Waals surface area contributed by atoms with Crippen molar-refractivity contribution in [2.45, 2.75) is 39.2 Å². The van der Waals surface area contributed by atoms with Gasteiger partial charge in [0, 0.05) is 6.04 Å². The molecule has 0 radical (unpaired) electrons. The zero-order chi connectivity index (χ0) is 11.3. The van der Waals surface area contributed by atoms with E-state index in [1.165, 1.54) is 0 Å². The fraction of sp³-hybridized carbons (Fsp3) is 0.600. The normalized spacial score (nSPS) is 12.5. The van der Waals surface area contributed by atoms with Gasteiger partial charge in [-0.3, -0.25) is 4.79 Å². The van der Waals surface area contributed by atoms with Crippen LogP contribution in [0.4, 0.5) is 5.69 Å². The molecule has 1 aromatic heterocycles. The van der Waals surface area contributed by atoms with Crippen LogP contribution in [0.15, 0.2) is 11.0 Å². The summed E-state index contributed by atoms with van der Waals surface area (Å²) >= 11 is 5.85. The average Bonchev–Trinajstić information content (AvgIpc) is 2.24. The third-order valence-corrected chi connectivity index (χ3v) is 2.66. The van der Waals surface area contributed by atoms with Gasteiger partial charge in [0.1, 0.15) is 5.02 Å². The summed E-state index contributed by atoms with van der Waals surface area (Å²) in [6.45, 7) is 4.23. The van der Waals surface area contributed by atoms with Gasteiger partial charge in [0.15, 0.2) is 0 Å². The topological polar surface area (TPSA) is 57.8 Å². The molecule has 1 unspecified atom stereocenters. The minimum atomic E-state index is -0.354. The van der Waals surface area contributed by atoms with Crippen LogP contribution >= 0.6 is 11.6 Å².